The minimum atomic E-state index is -0.430. The fourth-order valence-corrected chi connectivity index (χ4v) is 3.56. The van der Waals surface area contributed by atoms with Gasteiger partial charge in [-0.1, -0.05) is 32.4 Å². The van der Waals surface area contributed by atoms with Gasteiger partial charge in [-0.05, 0) is 18.2 Å². The summed E-state index contributed by atoms with van der Waals surface area (Å²) in [5.41, 5.74) is 3.36. The van der Waals surface area contributed by atoms with Crippen LogP contribution in [0.1, 0.15) is 39.3 Å². The van der Waals surface area contributed by atoms with E-state index in [9.17, 15) is 9.59 Å². The van der Waals surface area contributed by atoms with Gasteiger partial charge in [0.05, 0.1) is 30.6 Å². The van der Waals surface area contributed by atoms with Crippen molar-refractivity contribution in [2.45, 2.75) is 39.0 Å². The molecular formula is C21H27ClN6O3. The standard InChI is InChI=1S/C21H27ClN6O3/c1-21(2,3)18-17(22)20-24-19(26-28(20)25-18)12-7-8-14(27(4)5)13(11-12)23-15(29)9-10-16(30)31-6/h7-8,11,25H,9-10H2,1-6H3,(H,23,29). The second-order valence-corrected chi connectivity index (χ2v) is 8.85. The number of aromatic amines is 1. The highest BCUT2D eigenvalue weighted by atomic mass is 35.5. The van der Waals surface area contributed by atoms with E-state index in [2.05, 4.69) is 46.0 Å². The van der Waals surface area contributed by atoms with Gasteiger partial charge in [0.1, 0.15) is 5.02 Å². The van der Waals surface area contributed by atoms with E-state index in [1.165, 1.54) is 7.11 Å². The van der Waals surface area contributed by atoms with Crippen LogP contribution in [0.5, 0.6) is 0 Å². The predicted molar refractivity (Wildman–Crippen MR) is 121 cm³/mol. The maximum absolute atomic E-state index is 12.3. The smallest absolute Gasteiger partial charge is 0.306 e. The van der Waals surface area contributed by atoms with Crippen LogP contribution in [-0.4, -0.2) is 52.9 Å². The number of rotatable bonds is 6. The maximum atomic E-state index is 12.3. The molecule has 9 nitrogen and oxygen atoms in total. The summed E-state index contributed by atoms with van der Waals surface area (Å²) in [6.45, 7) is 6.17. The molecule has 1 amide bonds. The van der Waals surface area contributed by atoms with Crippen LogP contribution < -0.4 is 10.2 Å². The summed E-state index contributed by atoms with van der Waals surface area (Å²) >= 11 is 6.53. The Labute approximate surface area is 185 Å². The van der Waals surface area contributed by atoms with Crippen LogP contribution in [0.3, 0.4) is 0 Å². The molecule has 0 radical (unpaired) electrons. The van der Waals surface area contributed by atoms with Crippen molar-refractivity contribution < 1.29 is 14.3 Å². The quantitative estimate of drug-likeness (QED) is 0.560. The average Bonchev–Trinajstić information content (AvgIpc) is 3.25. The Hall–Kier alpha value is -3.07. The molecule has 0 spiro atoms. The van der Waals surface area contributed by atoms with Crippen molar-refractivity contribution in [1.29, 1.82) is 0 Å². The number of anilines is 2. The van der Waals surface area contributed by atoms with Crippen molar-refractivity contribution in [1.82, 2.24) is 19.8 Å². The number of nitrogens with zero attached hydrogens (tertiary/aromatic N) is 4. The molecule has 0 saturated carbocycles. The summed E-state index contributed by atoms with van der Waals surface area (Å²) in [6.07, 6.45) is 0.0436. The van der Waals surface area contributed by atoms with Gasteiger partial charge in [0.25, 0.3) is 0 Å². The molecule has 0 atom stereocenters. The van der Waals surface area contributed by atoms with Gasteiger partial charge >= 0.3 is 5.97 Å². The van der Waals surface area contributed by atoms with Gasteiger partial charge < -0.3 is 15.0 Å². The molecule has 10 heteroatoms. The monoisotopic (exact) mass is 446 g/mol. The van der Waals surface area contributed by atoms with Crippen LogP contribution in [0.4, 0.5) is 11.4 Å². The number of benzene rings is 1. The number of nitrogens with one attached hydrogen (secondary N) is 2. The van der Waals surface area contributed by atoms with Crippen molar-refractivity contribution in [3.8, 4) is 11.4 Å². The van der Waals surface area contributed by atoms with Gasteiger partial charge in [-0.3, -0.25) is 14.7 Å². The highest BCUT2D eigenvalue weighted by Crippen LogP contribution is 2.33. The summed E-state index contributed by atoms with van der Waals surface area (Å²) in [5, 5.41) is 11.1. The zero-order valence-corrected chi connectivity index (χ0v) is 19.3. The topological polar surface area (TPSA) is 105 Å². The number of carbonyl (C=O) groups excluding carboxylic acids is 2. The number of esters is 1. The lowest BCUT2D eigenvalue weighted by Gasteiger charge is -2.18. The highest BCUT2D eigenvalue weighted by Gasteiger charge is 2.24. The molecule has 2 N–H and O–H groups in total. The van der Waals surface area contributed by atoms with E-state index < -0.39 is 5.97 Å². The third-order valence-electron chi connectivity index (χ3n) is 4.79. The first-order valence-corrected chi connectivity index (χ1v) is 10.2. The van der Waals surface area contributed by atoms with E-state index in [0.29, 0.717) is 22.2 Å². The second kappa shape index (κ2) is 8.58. The molecule has 31 heavy (non-hydrogen) atoms. The summed E-state index contributed by atoms with van der Waals surface area (Å²) < 4.78 is 6.15. The van der Waals surface area contributed by atoms with E-state index in [1.54, 1.807) is 10.7 Å². The van der Waals surface area contributed by atoms with Crippen LogP contribution in [0.2, 0.25) is 5.02 Å². The minimum absolute atomic E-state index is 0.0151. The first kappa shape index (κ1) is 22.6. The number of hydrogen-bond acceptors (Lipinski definition) is 6. The molecule has 0 saturated heterocycles. The lowest BCUT2D eigenvalue weighted by molar-refractivity contribution is -0.141. The largest absolute Gasteiger partial charge is 0.469 e. The van der Waals surface area contributed by atoms with Crippen LogP contribution in [0.15, 0.2) is 18.2 Å². The maximum Gasteiger partial charge on any atom is 0.306 e. The summed E-state index contributed by atoms with van der Waals surface area (Å²) in [5.74, 6) is -0.238. The molecule has 0 aliphatic heterocycles. The van der Waals surface area contributed by atoms with Gasteiger partial charge in [-0.25, -0.2) is 4.98 Å². The van der Waals surface area contributed by atoms with Crippen LogP contribution in [-0.2, 0) is 19.7 Å². The van der Waals surface area contributed by atoms with Crippen molar-refractivity contribution in [3.63, 3.8) is 0 Å². The predicted octanol–water partition coefficient (Wildman–Crippen LogP) is 3.63. The van der Waals surface area contributed by atoms with E-state index >= 15 is 0 Å². The van der Waals surface area contributed by atoms with Gasteiger partial charge in [0.15, 0.2) is 11.5 Å². The third-order valence-corrected chi connectivity index (χ3v) is 5.14. The molecule has 3 aromatic rings. The molecule has 0 fully saturated rings. The minimum Gasteiger partial charge on any atom is -0.469 e. The number of halogens is 1. The Morgan fingerprint density at radius 3 is 2.55 bits per heavy atom. The fourth-order valence-electron chi connectivity index (χ4n) is 3.11. The molecule has 2 aromatic heterocycles. The number of fused-ring (bicyclic) bond motifs is 1. The SMILES string of the molecule is COC(=O)CCC(=O)Nc1cc(-c2nc3c(Cl)c(C(C)(C)C)[nH]n3n2)ccc1N(C)C. The lowest BCUT2D eigenvalue weighted by Crippen LogP contribution is -2.17. The second-order valence-electron chi connectivity index (χ2n) is 8.47. The zero-order valence-electron chi connectivity index (χ0n) is 18.5. The number of methoxy groups -OCH3 is 1. The number of carbonyl (C=O) groups is 2. The molecule has 2 heterocycles. The Bertz CT molecular complexity index is 1130. The van der Waals surface area contributed by atoms with Crippen molar-refractivity contribution >= 4 is 40.5 Å². The number of amides is 1. The molecule has 0 bridgehead atoms. The average molecular weight is 447 g/mol. The molecule has 0 unspecified atom stereocenters. The Morgan fingerprint density at radius 1 is 1.26 bits per heavy atom. The molecular weight excluding hydrogens is 420 g/mol. The molecule has 1 aromatic carbocycles. The molecule has 0 aliphatic carbocycles. The van der Waals surface area contributed by atoms with E-state index in [1.807, 2.05) is 31.1 Å². The van der Waals surface area contributed by atoms with Crippen LogP contribution in [0.25, 0.3) is 17.0 Å². The highest BCUT2D eigenvalue weighted by molar-refractivity contribution is 6.34. The normalized spacial score (nSPS) is 11.6. The number of aromatic nitrogens is 4. The number of ether oxygens (including phenoxy) is 1. The Balaban J connectivity index is 1.92. The number of H-pyrrole nitrogens is 1. The summed E-state index contributed by atoms with van der Waals surface area (Å²) in [7, 11) is 5.06. The van der Waals surface area contributed by atoms with Gasteiger partial charge in [-0.2, -0.15) is 4.63 Å². The van der Waals surface area contributed by atoms with Crippen LogP contribution in [0, 0.1) is 0 Å². The zero-order chi connectivity index (χ0) is 22.9. The Morgan fingerprint density at radius 2 is 1.97 bits per heavy atom. The lowest BCUT2D eigenvalue weighted by atomic mass is 9.92. The van der Waals surface area contributed by atoms with Crippen molar-refractivity contribution in [2.75, 3.05) is 31.4 Å². The van der Waals surface area contributed by atoms with Gasteiger partial charge in [0, 0.05) is 31.5 Å². The van der Waals surface area contributed by atoms with Crippen molar-refractivity contribution in [3.05, 3.63) is 28.9 Å². The van der Waals surface area contributed by atoms with E-state index in [0.717, 1.165) is 16.9 Å². The first-order chi connectivity index (χ1) is 14.5. The number of hydrogen-bond donors (Lipinski definition) is 2. The van der Waals surface area contributed by atoms with E-state index in [-0.39, 0.29) is 24.2 Å². The summed E-state index contributed by atoms with van der Waals surface area (Å²) in [6, 6.07) is 5.56. The van der Waals surface area contributed by atoms with Gasteiger partial charge in [0.2, 0.25) is 5.91 Å². The molecule has 166 valence electrons. The van der Waals surface area contributed by atoms with E-state index in [4.69, 9.17) is 11.6 Å². The first-order valence-electron chi connectivity index (χ1n) is 9.84. The van der Waals surface area contributed by atoms with Crippen LogP contribution >= 0.6 is 11.6 Å². The summed E-state index contributed by atoms with van der Waals surface area (Å²) in [4.78, 5) is 30.1. The molecule has 0 aliphatic rings. The third kappa shape index (κ3) is 4.82. The fraction of sp³-hybridized carbons (Fsp3) is 0.429. The van der Waals surface area contributed by atoms with Crippen molar-refractivity contribution in [2.24, 2.45) is 0 Å². The molecule has 3 rings (SSSR count). The Kier molecular flexibility index (Phi) is 6.26. The van der Waals surface area contributed by atoms with Gasteiger partial charge in [-0.15, -0.1) is 5.10 Å².